The van der Waals surface area contributed by atoms with E-state index in [1.807, 2.05) is 0 Å². The summed E-state index contributed by atoms with van der Waals surface area (Å²) in [5, 5.41) is -0.645. The van der Waals surface area contributed by atoms with Crippen molar-refractivity contribution in [2.75, 3.05) is 13.7 Å². The van der Waals surface area contributed by atoms with Crippen LogP contribution in [0.2, 0.25) is 0 Å². The molecular formula is C13H15ClO4. The molecule has 0 saturated carbocycles. The predicted octanol–water partition coefficient (Wildman–Crippen LogP) is 2.68. The van der Waals surface area contributed by atoms with Crippen LogP contribution in [0, 0.1) is 0 Å². The molecule has 0 spiro atoms. The van der Waals surface area contributed by atoms with Crippen LogP contribution in [0.15, 0.2) is 18.2 Å². The molecule has 1 aromatic rings. The topological polar surface area (TPSA) is 52.6 Å². The van der Waals surface area contributed by atoms with Crippen molar-refractivity contribution in [1.82, 2.24) is 0 Å². The first-order valence-electron chi connectivity index (χ1n) is 5.54. The first-order chi connectivity index (χ1) is 8.51. The fourth-order valence-corrected chi connectivity index (χ4v) is 1.59. The summed E-state index contributed by atoms with van der Waals surface area (Å²) in [7, 11) is 1.45. The minimum absolute atomic E-state index is 0.225. The van der Waals surface area contributed by atoms with Crippen LogP contribution in [0.25, 0.3) is 0 Å². The minimum Gasteiger partial charge on any atom is -0.496 e. The van der Waals surface area contributed by atoms with Crippen LogP contribution in [-0.2, 0) is 4.74 Å². The molecule has 0 aliphatic heterocycles. The molecule has 0 aromatic heterocycles. The monoisotopic (exact) mass is 270 g/mol. The van der Waals surface area contributed by atoms with Crippen molar-refractivity contribution < 1.29 is 19.1 Å². The highest BCUT2D eigenvalue weighted by atomic mass is 35.5. The molecule has 18 heavy (non-hydrogen) atoms. The highest BCUT2D eigenvalue weighted by Crippen LogP contribution is 2.22. The van der Waals surface area contributed by atoms with Gasteiger partial charge in [0.2, 0.25) is 0 Å². The van der Waals surface area contributed by atoms with Gasteiger partial charge in [-0.25, -0.2) is 4.79 Å². The van der Waals surface area contributed by atoms with Gasteiger partial charge in [-0.1, -0.05) is 0 Å². The van der Waals surface area contributed by atoms with E-state index in [2.05, 4.69) is 0 Å². The molecule has 0 amide bonds. The fraction of sp³-hybridized carbons (Fsp3) is 0.385. The van der Waals surface area contributed by atoms with Crippen molar-refractivity contribution in [2.24, 2.45) is 0 Å². The van der Waals surface area contributed by atoms with Gasteiger partial charge < -0.3 is 9.47 Å². The number of rotatable bonds is 5. The lowest BCUT2D eigenvalue weighted by atomic mass is 10.0. The molecule has 1 atom stereocenters. The van der Waals surface area contributed by atoms with Gasteiger partial charge >= 0.3 is 5.97 Å². The van der Waals surface area contributed by atoms with E-state index in [-0.39, 0.29) is 18.0 Å². The van der Waals surface area contributed by atoms with Crippen LogP contribution < -0.4 is 4.74 Å². The van der Waals surface area contributed by atoms with Crippen molar-refractivity contribution in [3.8, 4) is 5.75 Å². The molecule has 0 aliphatic rings. The van der Waals surface area contributed by atoms with Crippen LogP contribution in [-0.4, -0.2) is 30.8 Å². The van der Waals surface area contributed by atoms with Crippen LogP contribution in [0.5, 0.6) is 5.75 Å². The number of ketones is 1. The minimum atomic E-state index is -0.645. The van der Waals surface area contributed by atoms with E-state index >= 15 is 0 Å². The van der Waals surface area contributed by atoms with Gasteiger partial charge in [0.15, 0.2) is 5.78 Å². The molecule has 98 valence electrons. The molecule has 0 radical (unpaired) electrons. The number of hydrogen-bond acceptors (Lipinski definition) is 4. The van der Waals surface area contributed by atoms with Crippen LogP contribution in [0.4, 0.5) is 0 Å². The van der Waals surface area contributed by atoms with Gasteiger partial charge in [-0.15, -0.1) is 11.6 Å². The van der Waals surface area contributed by atoms with E-state index in [0.717, 1.165) is 0 Å². The zero-order valence-corrected chi connectivity index (χ0v) is 11.3. The SMILES string of the molecule is CCOC(=O)c1cc(C(=O)C(C)Cl)ccc1OC. The number of alkyl halides is 1. The van der Waals surface area contributed by atoms with E-state index in [0.29, 0.717) is 11.3 Å². The quantitative estimate of drug-likeness (QED) is 0.469. The van der Waals surface area contributed by atoms with Crippen molar-refractivity contribution in [3.63, 3.8) is 0 Å². The Bertz CT molecular complexity index is 454. The molecule has 4 nitrogen and oxygen atoms in total. The van der Waals surface area contributed by atoms with E-state index in [9.17, 15) is 9.59 Å². The summed E-state index contributed by atoms with van der Waals surface area (Å²) in [6, 6.07) is 4.57. The fourth-order valence-electron chi connectivity index (χ4n) is 1.46. The predicted molar refractivity (Wildman–Crippen MR) is 68.6 cm³/mol. The third-order valence-electron chi connectivity index (χ3n) is 2.34. The summed E-state index contributed by atoms with van der Waals surface area (Å²) in [4.78, 5) is 23.5. The number of ether oxygens (including phenoxy) is 2. The Hall–Kier alpha value is -1.55. The second kappa shape index (κ2) is 6.40. The lowest BCUT2D eigenvalue weighted by Crippen LogP contribution is -2.13. The summed E-state index contributed by atoms with van der Waals surface area (Å²) >= 11 is 5.73. The van der Waals surface area contributed by atoms with Crippen LogP contribution in [0.1, 0.15) is 34.6 Å². The summed E-state index contributed by atoms with van der Waals surface area (Å²) in [5.41, 5.74) is 0.587. The number of Topliss-reactive ketones (excluding diaryl/α,β-unsaturated/α-hetero) is 1. The second-order valence-electron chi connectivity index (χ2n) is 3.62. The highest BCUT2D eigenvalue weighted by molar-refractivity contribution is 6.33. The lowest BCUT2D eigenvalue weighted by molar-refractivity contribution is 0.0522. The van der Waals surface area contributed by atoms with Gasteiger partial charge in [-0.3, -0.25) is 4.79 Å². The van der Waals surface area contributed by atoms with E-state index < -0.39 is 11.3 Å². The first kappa shape index (κ1) is 14.5. The Morgan fingerprint density at radius 3 is 2.56 bits per heavy atom. The van der Waals surface area contributed by atoms with Crippen molar-refractivity contribution in [2.45, 2.75) is 19.2 Å². The van der Waals surface area contributed by atoms with Gasteiger partial charge in [0.1, 0.15) is 11.3 Å². The van der Waals surface area contributed by atoms with Crippen molar-refractivity contribution in [3.05, 3.63) is 29.3 Å². The maximum atomic E-state index is 11.8. The molecule has 0 fully saturated rings. The third-order valence-corrected chi connectivity index (χ3v) is 2.54. The van der Waals surface area contributed by atoms with Crippen LogP contribution in [0.3, 0.4) is 0 Å². The zero-order valence-electron chi connectivity index (χ0n) is 10.5. The lowest BCUT2D eigenvalue weighted by Gasteiger charge is -2.10. The van der Waals surface area contributed by atoms with Gasteiger partial charge in [-0.2, -0.15) is 0 Å². The Kier molecular flexibility index (Phi) is 5.16. The molecule has 0 N–H and O–H groups in total. The summed E-state index contributed by atoms with van der Waals surface area (Å²) in [5.74, 6) is -0.400. The summed E-state index contributed by atoms with van der Waals surface area (Å²) in [6.07, 6.45) is 0. The molecule has 0 saturated heterocycles. The Balaban J connectivity index is 3.17. The molecule has 0 heterocycles. The molecule has 1 rings (SSSR count). The average Bonchev–Trinajstić information content (AvgIpc) is 2.37. The zero-order chi connectivity index (χ0) is 13.7. The standard InChI is InChI=1S/C13H15ClO4/c1-4-18-13(16)10-7-9(12(15)8(2)14)5-6-11(10)17-3/h5-8H,4H2,1-3H3. The Labute approximate surface area is 111 Å². The molecule has 5 heteroatoms. The summed E-state index contributed by atoms with van der Waals surface area (Å²) < 4.78 is 9.97. The number of halogens is 1. The smallest absolute Gasteiger partial charge is 0.341 e. The van der Waals surface area contributed by atoms with E-state index in [1.54, 1.807) is 26.0 Å². The Morgan fingerprint density at radius 1 is 1.39 bits per heavy atom. The number of methoxy groups -OCH3 is 1. The number of hydrogen-bond donors (Lipinski definition) is 0. The average molecular weight is 271 g/mol. The third kappa shape index (κ3) is 3.23. The van der Waals surface area contributed by atoms with E-state index in [4.69, 9.17) is 21.1 Å². The number of esters is 1. The second-order valence-corrected chi connectivity index (χ2v) is 4.27. The number of carbonyl (C=O) groups is 2. The number of benzene rings is 1. The van der Waals surface area contributed by atoms with Gasteiger partial charge in [0, 0.05) is 5.56 Å². The molecular weight excluding hydrogens is 256 g/mol. The summed E-state index contributed by atoms with van der Waals surface area (Å²) in [6.45, 7) is 3.55. The maximum absolute atomic E-state index is 11.8. The van der Waals surface area contributed by atoms with Crippen molar-refractivity contribution in [1.29, 1.82) is 0 Å². The maximum Gasteiger partial charge on any atom is 0.341 e. The van der Waals surface area contributed by atoms with Gasteiger partial charge in [0.05, 0.1) is 19.1 Å². The number of carbonyl (C=O) groups excluding carboxylic acids is 2. The largest absolute Gasteiger partial charge is 0.496 e. The normalized spacial score (nSPS) is 11.8. The van der Waals surface area contributed by atoms with Crippen molar-refractivity contribution >= 4 is 23.4 Å². The van der Waals surface area contributed by atoms with E-state index in [1.165, 1.54) is 13.2 Å². The molecule has 0 aliphatic carbocycles. The van der Waals surface area contributed by atoms with Gasteiger partial charge in [0.25, 0.3) is 0 Å². The molecule has 1 unspecified atom stereocenters. The molecule has 0 bridgehead atoms. The van der Waals surface area contributed by atoms with Crippen LogP contribution >= 0.6 is 11.6 Å². The Morgan fingerprint density at radius 2 is 2.06 bits per heavy atom. The molecule has 1 aromatic carbocycles. The first-order valence-corrected chi connectivity index (χ1v) is 5.98. The highest BCUT2D eigenvalue weighted by Gasteiger charge is 2.18. The van der Waals surface area contributed by atoms with Gasteiger partial charge in [-0.05, 0) is 32.0 Å².